The summed E-state index contributed by atoms with van der Waals surface area (Å²) in [5.41, 5.74) is -1.39. The lowest BCUT2D eigenvalue weighted by Crippen LogP contribution is -2.60. The molecule has 270 valence electrons. The highest BCUT2D eigenvalue weighted by molar-refractivity contribution is 5.93. The van der Waals surface area contributed by atoms with E-state index in [-0.39, 0.29) is 51.7 Å². The summed E-state index contributed by atoms with van der Waals surface area (Å²) in [4.78, 5) is 29.6. The zero-order valence-electron chi connectivity index (χ0n) is 30.7. The van der Waals surface area contributed by atoms with Crippen LogP contribution in [0, 0.1) is 50.7 Å². The summed E-state index contributed by atoms with van der Waals surface area (Å²) in [5.74, 6) is 1.08. The molecule has 2 spiro atoms. The van der Waals surface area contributed by atoms with Crippen LogP contribution in [0.25, 0.3) is 0 Å². The molecule has 3 aliphatic heterocycles. The minimum atomic E-state index is -1.28. The molecule has 9 nitrogen and oxygen atoms in total. The average molecular weight is 672 g/mol. The minimum Gasteiger partial charge on any atom is -0.457 e. The number of rotatable bonds is 6. The summed E-state index contributed by atoms with van der Waals surface area (Å²) in [6.07, 6.45) is 6.69. The van der Waals surface area contributed by atoms with E-state index >= 15 is 4.79 Å². The summed E-state index contributed by atoms with van der Waals surface area (Å²) in [6, 6.07) is 0.501. The van der Waals surface area contributed by atoms with Crippen molar-refractivity contribution in [1.29, 1.82) is 0 Å². The molecule has 5 saturated carbocycles. The van der Waals surface area contributed by atoms with Gasteiger partial charge in [0.25, 0.3) is 0 Å². The van der Waals surface area contributed by atoms with Gasteiger partial charge in [-0.15, -0.1) is 0 Å². The third kappa shape index (κ3) is 4.49. The quantitative estimate of drug-likeness (QED) is 0.384. The van der Waals surface area contributed by atoms with Gasteiger partial charge < -0.3 is 28.8 Å². The first kappa shape index (κ1) is 34.0. The minimum absolute atomic E-state index is 0.0287. The van der Waals surface area contributed by atoms with Crippen LogP contribution in [-0.2, 0) is 33.3 Å². The van der Waals surface area contributed by atoms with Gasteiger partial charge in [-0.1, -0.05) is 34.6 Å². The highest BCUT2D eigenvalue weighted by Crippen LogP contribution is 2.89. The summed E-state index contributed by atoms with van der Waals surface area (Å²) in [5, 5.41) is 11.0. The number of nitrogens with zero attached hydrogens (tertiary/aromatic N) is 1. The number of ether oxygens (including phenoxy) is 5. The van der Waals surface area contributed by atoms with Gasteiger partial charge in [0.1, 0.15) is 6.10 Å². The van der Waals surface area contributed by atoms with Crippen LogP contribution in [-0.4, -0.2) is 97.0 Å². The second kappa shape index (κ2) is 11.0. The van der Waals surface area contributed by atoms with Crippen molar-refractivity contribution in [3.63, 3.8) is 0 Å². The number of hydrogen-bond acceptors (Lipinski definition) is 9. The normalized spacial score (nSPS) is 50.6. The van der Waals surface area contributed by atoms with Crippen LogP contribution in [0.4, 0.5) is 0 Å². The molecule has 0 aromatic carbocycles. The standard InChI is InChI=1S/C39H61NO8/c1-22-17-25(33(35(5,6)43)46-23(2)41)47-31-30(22)36(7)13-14-39-21-38(39)12-11-28(48-29-18-40(15-16-45-29)24-19-44-20-24)34(3,4)26(38)9-10-27(39)37(36,8)32(31)42/h22,24-31,33,43H,9-21H2,1-8H3/t22-,25?,26+,27?,28+,29?,30+,31?,33+,36?,37-,38?,39?/m1/s1. The maximum absolute atomic E-state index is 15.0. The molecule has 8 aliphatic rings. The van der Waals surface area contributed by atoms with E-state index in [9.17, 15) is 9.90 Å². The van der Waals surface area contributed by atoms with Crippen LogP contribution >= 0.6 is 0 Å². The van der Waals surface area contributed by atoms with Crippen LogP contribution in [0.2, 0.25) is 0 Å². The highest BCUT2D eigenvalue weighted by atomic mass is 16.7. The first-order chi connectivity index (χ1) is 22.5. The Kier molecular flexibility index (Phi) is 7.76. The first-order valence-corrected chi connectivity index (χ1v) is 19.2. The number of hydrogen-bond donors (Lipinski definition) is 1. The molecular formula is C39H61NO8. The average Bonchev–Trinajstić information content (AvgIpc) is 3.61. The van der Waals surface area contributed by atoms with E-state index in [2.05, 4.69) is 39.5 Å². The van der Waals surface area contributed by atoms with E-state index < -0.39 is 35.3 Å². The number of Topliss-reactive ketones (excluding diaryl/α,β-unsaturated/α-hetero) is 1. The molecule has 48 heavy (non-hydrogen) atoms. The zero-order chi connectivity index (χ0) is 34.2. The maximum Gasteiger partial charge on any atom is 0.303 e. The van der Waals surface area contributed by atoms with Crippen LogP contribution in [0.5, 0.6) is 0 Å². The molecule has 0 amide bonds. The van der Waals surface area contributed by atoms with Gasteiger partial charge in [0.15, 0.2) is 18.2 Å². The Bertz CT molecular complexity index is 1330. The van der Waals surface area contributed by atoms with Gasteiger partial charge in [-0.25, -0.2) is 0 Å². The lowest BCUT2D eigenvalue weighted by molar-refractivity contribution is -0.255. The van der Waals surface area contributed by atoms with E-state index in [1.165, 1.54) is 26.2 Å². The molecule has 0 radical (unpaired) electrons. The Morgan fingerprint density at radius 3 is 2.42 bits per heavy atom. The number of esters is 1. The van der Waals surface area contributed by atoms with Crippen molar-refractivity contribution < 1.29 is 38.4 Å². The summed E-state index contributed by atoms with van der Waals surface area (Å²) >= 11 is 0. The third-order valence-corrected chi connectivity index (χ3v) is 16.3. The summed E-state index contributed by atoms with van der Waals surface area (Å²) in [6.45, 7) is 20.7. The topological polar surface area (TPSA) is 104 Å². The van der Waals surface area contributed by atoms with Crippen molar-refractivity contribution in [2.24, 2.45) is 50.7 Å². The van der Waals surface area contributed by atoms with Crippen molar-refractivity contribution >= 4 is 11.8 Å². The number of morpholine rings is 1. The lowest BCUT2D eigenvalue weighted by atomic mass is 9.41. The Balaban J connectivity index is 1.03. The first-order valence-electron chi connectivity index (χ1n) is 19.2. The van der Waals surface area contributed by atoms with Gasteiger partial charge in [0, 0.05) is 24.8 Å². The van der Waals surface area contributed by atoms with Gasteiger partial charge in [0.2, 0.25) is 0 Å². The molecule has 3 heterocycles. The Morgan fingerprint density at radius 1 is 1.04 bits per heavy atom. The fourth-order valence-corrected chi connectivity index (χ4v) is 14.0. The number of fused-ring (bicyclic) bond motifs is 4. The van der Waals surface area contributed by atoms with Crippen molar-refractivity contribution in [2.45, 2.75) is 149 Å². The van der Waals surface area contributed by atoms with E-state index in [0.29, 0.717) is 30.9 Å². The van der Waals surface area contributed by atoms with Crippen LogP contribution in [0.15, 0.2) is 0 Å². The van der Waals surface area contributed by atoms with E-state index in [1.807, 2.05) is 0 Å². The molecule has 0 bridgehead atoms. The van der Waals surface area contributed by atoms with Crippen molar-refractivity contribution in [1.82, 2.24) is 4.90 Å². The molecule has 1 N–H and O–H groups in total. The van der Waals surface area contributed by atoms with E-state index in [4.69, 9.17) is 23.7 Å². The Labute approximate surface area is 287 Å². The number of carbonyl (C=O) groups excluding carboxylic acids is 2. The van der Waals surface area contributed by atoms with Crippen LogP contribution in [0.1, 0.15) is 107 Å². The van der Waals surface area contributed by atoms with Crippen molar-refractivity contribution in [3.8, 4) is 0 Å². The van der Waals surface area contributed by atoms with E-state index in [1.54, 1.807) is 13.8 Å². The molecule has 0 aromatic rings. The number of ketones is 1. The fraction of sp³-hybridized carbons (Fsp3) is 0.949. The molecule has 7 unspecified atom stereocenters. The lowest BCUT2D eigenvalue weighted by Gasteiger charge is -2.62. The van der Waals surface area contributed by atoms with Gasteiger partial charge in [-0.3, -0.25) is 14.5 Å². The smallest absolute Gasteiger partial charge is 0.303 e. The summed E-state index contributed by atoms with van der Waals surface area (Å²) in [7, 11) is 0. The number of aliphatic hydroxyl groups is 1. The van der Waals surface area contributed by atoms with Crippen molar-refractivity contribution in [2.75, 3.05) is 32.9 Å². The Hall–Kier alpha value is -1.10. The third-order valence-electron chi connectivity index (χ3n) is 16.3. The second-order valence-electron chi connectivity index (χ2n) is 19.1. The maximum atomic E-state index is 15.0. The SMILES string of the molecule is CC(=O)O[C@@H](C1C[C@@H](C)[C@H]2C(O1)C(=O)[C@@]1(C)C3CC[C@H]4C(C)(C)[C@@H](OC5CN(C6COC6)CCO5)CCC45CC35CCC21C)C(C)(C)O. The Morgan fingerprint density at radius 2 is 1.75 bits per heavy atom. The second-order valence-corrected chi connectivity index (χ2v) is 19.1. The summed E-state index contributed by atoms with van der Waals surface area (Å²) < 4.78 is 31.0. The van der Waals surface area contributed by atoms with Gasteiger partial charge in [-0.2, -0.15) is 0 Å². The monoisotopic (exact) mass is 671 g/mol. The van der Waals surface area contributed by atoms with E-state index in [0.717, 1.165) is 52.0 Å². The van der Waals surface area contributed by atoms with Crippen molar-refractivity contribution in [3.05, 3.63) is 0 Å². The molecule has 0 aromatic heterocycles. The molecule has 8 rings (SSSR count). The molecule has 8 fully saturated rings. The highest BCUT2D eigenvalue weighted by Gasteiger charge is 2.85. The molecule has 13 atom stereocenters. The van der Waals surface area contributed by atoms with Gasteiger partial charge in [-0.05, 0) is 105 Å². The zero-order valence-corrected chi connectivity index (χ0v) is 30.7. The largest absolute Gasteiger partial charge is 0.457 e. The van der Waals surface area contributed by atoms with Gasteiger partial charge in [0.05, 0.1) is 50.2 Å². The van der Waals surface area contributed by atoms with Crippen LogP contribution < -0.4 is 0 Å². The van der Waals surface area contributed by atoms with Crippen LogP contribution in [0.3, 0.4) is 0 Å². The molecule has 3 saturated heterocycles. The predicted molar refractivity (Wildman–Crippen MR) is 178 cm³/mol. The molecular weight excluding hydrogens is 610 g/mol. The molecule has 5 aliphatic carbocycles. The fourth-order valence-electron chi connectivity index (χ4n) is 14.0. The van der Waals surface area contributed by atoms with Gasteiger partial charge >= 0.3 is 5.97 Å². The number of carbonyl (C=O) groups is 2. The molecule has 9 heteroatoms. The predicted octanol–water partition coefficient (Wildman–Crippen LogP) is 5.15.